The van der Waals surface area contributed by atoms with Gasteiger partial charge in [0.15, 0.2) is 0 Å². The molecule has 0 bridgehead atoms. The van der Waals surface area contributed by atoms with Crippen LogP contribution in [0.3, 0.4) is 0 Å². The van der Waals surface area contributed by atoms with Gasteiger partial charge >= 0.3 is 0 Å². The first-order chi connectivity index (χ1) is 6.86. The van der Waals surface area contributed by atoms with Crippen molar-refractivity contribution < 1.29 is 5.11 Å². The first-order valence-electron chi connectivity index (χ1n) is 4.34. The quantitative estimate of drug-likeness (QED) is 0.788. The zero-order chi connectivity index (χ0) is 9.80. The lowest BCUT2D eigenvalue weighted by molar-refractivity contribution is 0.474. The number of thiophene rings is 1. The average molecular weight is 202 g/mol. The van der Waals surface area contributed by atoms with E-state index in [-0.39, 0.29) is 0 Å². The highest BCUT2D eigenvalue weighted by Gasteiger charge is 1.93. The number of hydrogen-bond donors (Lipinski definition) is 1. The molecule has 0 saturated carbocycles. The Balaban J connectivity index is 2.23. The summed E-state index contributed by atoms with van der Waals surface area (Å²) in [4.78, 5) is 0. The van der Waals surface area contributed by atoms with Crippen molar-refractivity contribution in [3.8, 4) is 5.75 Å². The highest BCUT2D eigenvalue weighted by atomic mass is 32.1. The third kappa shape index (κ3) is 2.03. The summed E-state index contributed by atoms with van der Waals surface area (Å²) in [5.41, 5.74) is 2.01. The molecule has 0 fully saturated rings. The Bertz CT molecular complexity index is 429. The summed E-state index contributed by atoms with van der Waals surface area (Å²) in [6, 6.07) is 9.34. The van der Waals surface area contributed by atoms with E-state index in [1.165, 1.54) is 5.56 Å². The molecule has 1 aromatic heterocycles. The lowest BCUT2D eigenvalue weighted by Crippen LogP contribution is -1.72. The van der Waals surface area contributed by atoms with Crippen LogP contribution in [0.15, 0.2) is 41.1 Å². The van der Waals surface area contributed by atoms with Crippen LogP contribution in [0.1, 0.15) is 11.1 Å². The molecule has 1 nitrogen and oxygen atoms in total. The van der Waals surface area contributed by atoms with Gasteiger partial charge in [0.1, 0.15) is 5.75 Å². The topological polar surface area (TPSA) is 20.2 Å². The third-order valence-electron chi connectivity index (χ3n) is 1.94. The van der Waals surface area contributed by atoms with Gasteiger partial charge in [-0.05, 0) is 28.5 Å². The van der Waals surface area contributed by atoms with Crippen LogP contribution < -0.4 is 0 Å². The number of hydrogen-bond acceptors (Lipinski definition) is 2. The summed E-state index contributed by atoms with van der Waals surface area (Å²) in [6.45, 7) is 0. The summed E-state index contributed by atoms with van der Waals surface area (Å²) in [5.74, 6) is 0.318. The lowest BCUT2D eigenvalue weighted by Gasteiger charge is -1.96. The molecule has 0 atom stereocenters. The summed E-state index contributed by atoms with van der Waals surface area (Å²) in [6.07, 6.45) is 3.91. The maximum absolute atomic E-state index is 9.49. The van der Waals surface area contributed by atoms with E-state index in [0.717, 1.165) is 5.56 Å². The van der Waals surface area contributed by atoms with Gasteiger partial charge in [-0.1, -0.05) is 30.4 Å². The van der Waals surface area contributed by atoms with Crippen LogP contribution in [-0.2, 0) is 0 Å². The Hall–Kier alpha value is -1.54. The van der Waals surface area contributed by atoms with E-state index in [1.807, 2.05) is 41.8 Å². The van der Waals surface area contributed by atoms with Gasteiger partial charge in [-0.15, -0.1) is 0 Å². The minimum atomic E-state index is 0.318. The molecule has 1 aromatic carbocycles. The van der Waals surface area contributed by atoms with E-state index in [2.05, 4.69) is 5.38 Å². The van der Waals surface area contributed by atoms with E-state index in [4.69, 9.17) is 0 Å². The molecular weight excluding hydrogens is 192 g/mol. The van der Waals surface area contributed by atoms with Crippen molar-refractivity contribution in [3.63, 3.8) is 0 Å². The van der Waals surface area contributed by atoms with Crippen LogP contribution in [-0.4, -0.2) is 5.11 Å². The number of benzene rings is 1. The summed E-state index contributed by atoms with van der Waals surface area (Å²) >= 11 is 1.67. The highest BCUT2D eigenvalue weighted by Crippen LogP contribution is 2.19. The van der Waals surface area contributed by atoms with Crippen LogP contribution in [0.5, 0.6) is 5.75 Å². The Morgan fingerprint density at radius 3 is 2.64 bits per heavy atom. The molecule has 2 aromatic rings. The molecule has 0 unspecified atom stereocenters. The van der Waals surface area contributed by atoms with Crippen molar-refractivity contribution in [2.75, 3.05) is 0 Å². The van der Waals surface area contributed by atoms with Crippen molar-refractivity contribution in [2.24, 2.45) is 0 Å². The lowest BCUT2D eigenvalue weighted by atomic mass is 10.1. The van der Waals surface area contributed by atoms with Gasteiger partial charge in [-0.3, -0.25) is 0 Å². The minimum Gasteiger partial charge on any atom is -0.507 e. The molecule has 0 amide bonds. The Kier molecular flexibility index (Phi) is 2.65. The maximum Gasteiger partial charge on any atom is 0.122 e. The molecular formula is C12H10OS. The van der Waals surface area contributed by atoms with Gasteiger partial charge in [-0.2, -0.15) is 11.3 Å². The third-order valence-corrected chi connectivity index (χ3v) is 2.64. The van der Waals surface area contributed by atoms with Crippen LogP contribution in [0.2, 0.25) is 0 Å². The summed E-state index contributed by atoms with van der Waals surface area (Å²) < 4.78 is 0. The molecule has 0 saturated heterocycles. The first-order valence-corrected chi connectivity index (χ1v) is 5.29. The fraction of sp³-hybridized carbons (Fsp3) is 0. The second-order valence-corrected chi connectivity index (χ2v) is 3.73. The number of aromatic hydroxyl groups is 1. The summed E-state index contributed by atoms with van der Waals surface area (Å²) in [7, 11) is 0. The molecule has 1 N–H and O–H groups in total. The predicted octanol–water partition coefficient (Wildman–Crippen LogP) is 3.62. The molecule has 70 valence electrons. The fourth-order valence-electron chi connectivity index (χ4n) is 1.18. The van der Waals surface area contributed by atoms with Crippen LogP contribution in [0.4, 0.5) is 0 Å². The Morgan fingerprint density at radius 2 is 1.93 bits per heavy atom. The van der Waals surface area contributed by atoms with Gasteiger partial charge in [-0.25, -0.2) is 0 Å². The number of phenols is 1. The van der Waals surface area contributed by atoms with Crippen LogP contribution in [0, 0.1) is 0 Å². The van der Waals surface area contributed by atoms with Crippen molar-refractivity contribution in [3.05, 3.63) is 52.2 Å². The normalized spacial score (nSPS) is 10.9. The average Bonchev–Trinajstić information content (AvgIpc) is 2.69. The monoisotopic (exact) mass is 202 g/mol. The molecule has 0 aliphatic heterocycles. The summed E-state index contributed by atoms with van der Waals surface area (Å²) in [5, 5.41) is 13.6. The van der Waals surface area contributed by atoms with E-state index in [9.17, 15) is 5.11 Å². The molecule has 0 aliphatic carbocycles. The molecule has 14 heavy (non-hydrogen) atoms. The van der Waals surface area contributed by atoms with E-state index < -0.39 is 0 Å². The second-order valence-electron chi connectivity index (χ2n) is 2.95. The molecule has 0 spiro atoms. The Morgan fingerprint density at radius 1 is 1.07 bits per heavy atom. The SMILES string of the molecule is Oc1ccccc1/C=C/c1ccsc1. The molecule has 0 radical (unpaired) electrons. The van der Waals surface area contributed by atoms with E-state index in [0.29, 0.717) is 5.75 Å². The predicted molar refractivity (Wildman–Crippen MR) is 61.4 cm³/mol. The number of rotatable bonds is 2. The van der Waals surface area contributed by atoms with Crippen molar-refractivity contribution in [1.82, 2.24) is 0 Å². The standard InChI is InChI=1S/C12H10OS/c13-12-4-2-1-3-11(12)6-5-10-7-8-14-9-10/h1-9,13H/b6-5+. The van der Waals surface area contributed by atoms with Crippen LogP contribution in [0.25, 0.3) is 12.2 Å². The van der Waals surface area contributed by atoms with Gasteiger partial charge in [0, 0.05) is 5.56 Å². The largest absolute Gasteiger partial charge is 0.507 e. The molecule has 2 rings (SSSR count). The zero-order valence-electron chi connectivity index (χ0n) is 7.55. The fourth-order valence-corrected chi connectivity index (χ4v) is 1.81. The Labute approximate surface area is 87.0 Å². The number of para-hydroxylation sites is 1. The van der Waals surface area contributed by atoms with Gasteiger partial charge < -0.3 is 5.11 Å². The molecule has 2 heteroatoms. The highest BCUT2D eigenvalue weighted by molar-refractivity contribution is 7.08. The second kappa shape index (κ2) is 4.11. The van der Waals surface area contributed by atoms with Gasteiger partial charge in [0.2, 0.25) is 0 Å². The zero-order valence-corrected chi connectivity index (χ0v) is 8.37. The van der Waals surface area contributed by atoms with Gasteiger partial charge in [0.25, 0.3) is 0 Å². The van der Waals surface area contributed by atoms with Crippen LogP contribution >= 0.6 is 11.3 Å². The first kappa shape index (κ1) is 9.03. The van der Waals surface area contributed by atoms with Crippen molar-refractivity contribution in [1.29, 1.82) is 0 Å². The number of phenolic OH excluding ortho intramolecular Hbond substituents is 1. The molecule has 0 aliphatic rings. The van der Waals surface area contributed by atoms with E-state index >= 15 is 0 Å². The maximum atomic E-state index is 9.49. The van der Waals surface area contributed by atoms with Crippen molar-refractivity contribution in [2.45, 2.75) is 0 Å². The van der Waals surface area contributed by atoms with E-state index in [1.54, 1.807) is 17.4 Å². The van der Waals surface area contributed by atoms with Crippen molar-refractivity contribution >= 4 is 23.5 Å². The smallest absolute Gasteiger partial charge is 0.122 e. The molecule has 1 heterocycles. The van der Waals surface area contributed by atoms with Gasteiger partial charge in [0.05, 0.1) is 0 Å². The minimum absolute atomic E-state index is 0.318.